The molecule has 7 heteroatoms. The molecule has 1 fully saturated rings. The number of carbonyl (C=O) groups excluding carboxylic acids is 3. The molecule has 0 aliphatic carbocycles. The highest BCUT2D eigenvalue weighted by Crippen LogP contribution is 2.27. The monoisotopic (exact) mass is 275 g/mol. The predicted octanol–water partition coefficient (Wildman–Crippen LogP) is -0.0539. The molecule has 0 bridgehead atoms. The molecule has 1 atom stereocenters. The van der Waals surface area contributed by atoms with Gasteiger partial charge in [-0.1, -0.05) is 6.07 Å². The Morgan fingerprint density at radius 1 is 1.35 bits per heavy atom. The van der Waals surface area contributed by atoms with E-state index in [-0.39, 0.29) is 18.2 Å². The van der Waals surface area contributed by atoms with E-state index < -0.39 is 17.5 Å². The van der Waals surface area contributed by atoms with Crippen LogP contribution in [0, 0.1) is 0 Å². The molecule has 0 saturated carbocycles. The van der Waals surface area contributed by atoms with Crippen LogP contribution >= 0.6 is 0 Å². The Morgan fingerprint density at radius 2 is 2.10 bits per heavy atom. The average Bonchev–Trinajstić information content (AvgIpc) is 2.79. The van der Waals surface area contributed by atoms with Gasteiger partial charge in [-0.2, -0.15) is 0 Å². The van der Waals surface area contributed by atoms with Crippen molar-refractivity contribution in [3.05, 3.63) is 29.3 Å². The first-order valence-corrected chi connectivity index (χ1v) is 6.14. The van der Waals surface area contributed by atoms with Gasteiger partial charge in [-0.3, -0.25) is 14.9 Å². The topological polar surface area (TPSA) is 98.7 Å². The third kappa shape index (κ3) is 1.78. The molecule has 7 nitrogen and oxygen atoms in total. The Morgan fingerprint density at radius 3 is 2.75 bits per heavy atom. The van der Waals surface area contributed by atoms with Gasteiger partial charge < -0.3 is 15.3 Å². The van der Waals surface area contributed by atoms with Crippen molar-refractivity contribution in [2.45, 2.75) is 19.0 Å². The molecule has 104 valence electrons. The van der Waals surface area contributed by atoms with Crippen LogP contribution in [0.5, 0.6) is 5.75 Å². The van der Waals surface area contributed by atoms with E-state index in [0.717, 1.165) is 5.56 Å². The number of hydrogen-bond donors (Lipinski definition) is 3. The summed E-state index contributed by atoms with van der Waals surface area (Å²) in [4.78, 5) is 36.7. The second-order valence-corrected chi connectivity index (χ2v) is 5.24. The normalized spacial score (nSPS) is 24.6. The van der Waals surface area contributed by atoms with Crippen molar-refractivity contribution < 1.29 is 19.5 Å². The van der Waals surface area contributed by atoms with Crippen LogP contribution < -0.4 is 10.6 Å². The van der Waals surface area contributed by atoms with Gasteiger partial charge in [0.25, 0.3) is 11.8 Å². The Kier molecular flexibility index (Phi) is 2.47. The molecule has 3 rings (SSSR count). The van der Waals surface area contributed by atoms with Gasteiger partial charge in [-0.15, -0.1) is 0 Å². The fourth-order valence-electron chi connectivity index (χ4n) is 2.55. The van der Waals surface area contributed by atoms with E-state index in [9.17, 15) is 19.5 Å². The smallest absolute Gasteiger partial charge is 0.322 e. The molecule has 0 spiro atoms. The quantitative estimate of drug-likeness (QED) is 0.659. The Hall–Kier alpha value is -2.57. The highest BCUT2D eigenvalue weighted by atomic mass is 16.3. The van der Waals surface area contributed by atoms with Gasteiger partial charge in [0.05, 0.1) is 6.54 Å². The molecule has 0 radical (unpaired) electrons. The number of aromatic hydroxyl groups is 1. The molecule has 1 unspecified atom stereocenters. The molecule has 1 aromatic rings. The second kappa shape index (κ2) is 3.96. The van der Waals surface area contributed by atoms with Crippen LogP contribution in [0.3, 0.4) is 0 Å². The predicted molar refractivity (Wildman–Crippen MR) is 67.9 cm³/mol. The number of urea groups is 1. The number of nitrogens with one attached hydrogen (secondary N) is 2. The van der Waals surface area contributed by atoms with E-state index in [2.05, 4.69) is 10.6 Å². The number of hydrogen-bond acceptors (Lipinski definition) is 4. The maximum absolute atomic E-state index is 12.2. The van der Waals surface area contributed by atoms with Crippen molar-refractivity contribution in [2.75, 3.05) is 6.54 Å². The van der Waals surface area contributed by atoms with E-state index >= 15 is 0 Å². The van der Waals surface area contributed by atoms with Crippen molar-refractivity contribution in [3.63, 3.8) is 0 Å². The van der Waals surface area contributed by atoms with Gasteiger partial charge in [0.1, 0.15) is 11.3 Å². The van der Waals surface area contributed by atoms with E-state index in [4.69, 9.17) is 0 Å². The number of amides is 4. The van der Waals surface area contributed by atoms with Gasteiger partial charge in [0.15, 0.2) is 0 Å². The van der Waals surface area contributed by atoms with Crippen LogP contribution in [0.15, 0.2) is 18.2 Å². The summed E-state index contributed by atoms with van der Waals surface area (Å²) in [6, 6.07) is 4.05. The van der Waals surface area contributed by atoms with Gasteiger partial charge in [0, 0.05) is 12.1 Å². The highest BCUT2D eigenvalue weighted by Gasteiger charge is 2.45. The largest absolute Gasteiger partial charge is 0.508 e. The van der Waals surface area contributed by atoms with Gasteiger partial charge in [-0.25, -0.2) is 4.79 Å². The summed E-state index contributed by atoms with van der Waals surface area (Å²) in [5, 5.41) is 14.1. The summed E-state index contributed by atoms with van der Waals surface area (Å²) >= 11 is 0. The van der Waals surface area contributed by atoms with Gasteiger partial charge in [0.2, 0.25) is 0 Å². The zero-order valence-electron chi connectivity index (χ0n) is 10.8. The molecule has 2 aliphatic heterocycles. The minimum absolute atomic E-state index is 0.0251. The zero-order valence-corrected chi connectivity index (χ0v) is 10.8. The zero-order chi connectivity index (χ0) is 14.5. The Labute approximate surface area is 114 Å². The first kappa shape index (κ1) is 12.5. The molecule has 1 saturated heterocycles. The molecule has 2 aliphatic rings. The molecular weight excluding hydrogens is 262 g/mol. The molecule has 1 aromatic carbocycles. The summed E-state index contributed by atoms with van der Waals surface area (Å²) in [6.07, 6.45) is 0. The van der Waals surface area contributed by atoms with Crippen molar-refractivity contribution in [2.24, 2.45) is 0 Å². The lowest BCUT2D eigenvalue weighted by Crippen LogP contribution is -2.52. The van der Waals surface area contributed by atoms with Crippen molar-refractivity contribution >= 4 is 17.8 Å². The van der Waals surface area contributed by atoms with Crippen LogP contribution in [-0.2, 0) is 11.3 Å². The Bertz CT molecular complexity index is 643. The number of fused-ring (bicyclic) bond motifs is 1. The van der Waals surface area contributed by atoms with E-state index in [0.29, 0.717) is 12.1 Å². The molecule has 3 N–H and O–H groups in total. The fraction of sp³-hybridized carbons (Fsp3) is 0.308. The number of rotatable bonds is 2. The first-order chi connectivity index (χ1) is 9.39. The van der Waals surface area contributed by atoms with Crippen LogP contribution in [0.25, 0.3) is 0 Å². The third-order valence-corrected chi connectivity index (χ3v) is 3.60. The summed E-state index contributed by atoms with van der Waals surface area (Å²) in [5.41, 5.74) is 0.0936. The number of imide groups is 1. The molecule has 20 heavy (non-hydrogen) atoms. The second-order valence-electron chi connectivity index (χ2n) is 5.24. The van der Waals surface area contributed by atoms with Crippen molar-refractivity contribution in [1.29, 1.82) is 0 Å². The SMILES string of the molecule is CC1(CN2Cc3ccc(O)cc3C2=O)NC(=O)NC1=O. The minimum atomic E-state index is -1.13. The standard InChI is InChI=1S/C13H13N3O4/c1-13(11(19)14-12(20)15-13)6-16-5-7-2-3-8(17)4-9(7)10(16)18/h2-4,17H,5-6H2,1H3,(H2,14,15,19,20). The summed E-state index contributed by atoms with van der Waals surface area (Å²) in [7, 11) is 0. The molecule has 0 aromatic heterocycles. The van der Waals surface area contributed by atoms with Crippen molar-refractivity contribution in [1.82, 2.24) is 15.5 Å². The van der Waals surface area contributed by atoms with E-state index in [1.807, 2.05) is 0 Å². The van der Waals surface area contributed by atoms with Gasteiger partial charge in [-0.05, 0) is 24.6 Å². The van der Waals surface area contributed by atoms with Crippen molar-refractivity contribution in [3.8, 4) is 5.75 Å². The summed E-state index contributed by atoms with van der Waals surface area (Å²) < 4.78 is 0. The first-order valence-electron chi connectivity index (χ1n) is 6.14. The number of nitrogens with zero attached hydrogens (tertiary/aromatic N) is 1. The minimum Gasteiger partial charge on any atom is -0.508 e. The number of benzene rings is 1. The fourth-order valence-corrected chi connectivity index (χ4v) is 2.55. The molecule has 4 amide bonds. The summed E-state index contributed by atoms with van der Waals surface area (Å²) in [5.74, 6) is -0.683. The number of phenols is 1. The average molecular weight is 275 g/mol. The molecule has 2 heterocycles. The maximum Gasteiger partial charge on any atom is 0.322 e. The maximum atomic E-state index is 12.2. The van der Waals surface area contributed by atoms with Crippen LogP contribution in [0.1, 0.15) is 22.8 Å². The van der Waals surface area contributed by atoms with Crippen LogP contribution in [0.2, 0.25) is 0 Å². The highest BCUT2D eigenvalue weighted by molar-refractivity contribution is 6.07. The molecular formula is C13H13N3O4. The van der Waals surface area contributed by atoms with Crippen LogP contribution in [0.4, 0.5) is 4.79 Å². The Balaban J connectivity index is 1.83. The van der Waals surface area contributed by atoms with Gasteiger partial charge >= 0.3 is 6.03 Å². The number of carbonyl (C=O) groups is 3. The van der Waals surface area contributed by atoms with E-state index in [1.54, 1.807) is 13.0 Å². The third-order valence-electron chi connectivity index (χ3n) is 3.60. The lowest BCUT2D eigenvalue weighted by atomic mass is 10.0. The number of phenolic OH excluding ortho intramolecular Hbond substituents is 1. The summed E-state index contributed by atoms with van der Waals surface area (Å²) in [6.45, 7) is 2.01. The lowest BCUT2D eigenvalue weighted by molar-refractivity contribution is -0.123. The lowest BCUT2D eigenvalue weighted by Gasteiger charge is -2.26. The van der Waals surface area contributed by atoms with Crippen LogP contribution in [-0.4, -0.2) is 39.9 Å². The van der Waals surface area contributed by atoms with E-state index in [1.165, 1.54) is 17.0 Å².